The van der Waals surface area contributed by atoms with Gasteiger partial charge >= 0.3 is 13.9 Å². The Morgan fingerprint density at radius 1 is 0.804 bits per heavy atom. The fourth-order valence-electron chi connectivity index (χ4n) is 4.70. The number of ether oxygens (including phenoxy) is 3. The minimum absolute atomic E-state index is 0.0958. The molecule has 0 saturated heterocycles. The van der Waals surface area contributed by atoms with Crippen LogP contribution in [0.1, 0.15) is 11.1 Å². The van der Waals surface area contributed by atoms with Crippen LogP contribution in [0, 0.1) is 0 Å². The van der Waals surface area contributed by atoms with Crippen LogP contribution in [0.3, 0.4) is 0 Å². The number of rotatable bonds is 22. The summed E-state index contributed by atoms with van der Waals surface area (Å²) in [6.45, 7) is -1.94. The number of likely N-dealkylation sites (N-methyl/N-ethyl adjacent to an activating group) is 1. The van der Waals surface area contributed by atoms with Crippen LogP contribution in [0.2, 0.25) is 0 Å². The molecule has 15 heteroatoms. The summed E-state index contributed by atoms with van der Waals surface area (Å²) in [7, 11) is 7.05. The van der Waals surface area contributed by atoms with E-state index in [4.69, 9.17) is 53.2 Å². The third kappa shape index (κ3) is 13.8. The van der Waals surface area contributed by atoms with Crippen molar-refractivity contribution in [1.82, 2.24) is 4.90 Å². The van der Waals surface area contributed by atoms with E-state index < -0.39 is 13.9 Å². The van der Waals surface area contributed by atoms with Gasteiger partial charge in [0.1, 0.15) is 42.2 Å². The average Bonchev–Trinajstić information content (AvgIpc) is 3.14. The molecule has 0 aliphatic rings. The molecule has 0 fully saturated rings. The zero-order valence-electron chi connectivity index (χ0n) is 29.6. The highest BCUT2D eigenvalue weighted by molar-refractivity contribution is 8.47. The molecule has 0 aliphatic heterocycles. The Hall–Kier alpha value is -2.38. The molecule has 0 N–H and O–H groups in total. The number of hydrogen-bond acceptors (Lipinski definition) is 13. The number of aryl methyl sites for hydroxylation is 2. The molecule has 2 atom stereocenters. The Balaban J connectivity index is 1.28. The van der Waals surface area contributed by atoms with Gasteiger partial charge in [-0.15, -0.1) is 4.52 Å². The number of hydrogen-bond donors (Lipinski definition) is 1. The Bertz CT molecular complexity index is 1680. The van der Waals surface area contributed by atoms with Gasteiger partial charge in [0.2, 0.25) is 0 Å². The lowest BCUT2D eigenvalue weighted by molar-refractivity contribution is -0.0648. The van der Waals surface area contributed by atoms with E-state index in [2.05, 4.69) is 30.4 Å². The van der Waals surface area contributed by atoms with Crippen LogP contribution in [0.25, 0.3) is 0 Å². The zero-order chi connectivity index (χ0) is 36.7. The number of nitrogens with zero attached hydrogens (tertiary/aromatic N) is 1. The monoisotopic (exact) mass is 794 g/mol. The standard InChI is InChI=1S/C36H46NO9P2S3/c1-37(2)25-33(26-42-36-13-8-7-11-29(36)15-14-28-10-9-12-32(24-28)38-3)43-27-44-48(50,41-6)46-31-18-22-35(23-19-31)51-34-20-16-30(17-21-34)45-47(49,39-4)40-5/h7-13,16-24,33,50H,14-15,25-27H2,1-6H3/q+1/t33-,48?/m0/s1. The minimum atomic E-state index is -3.04. The number of benzene rings is 4. The first-order valence-corrected chi connectivity index (χ1v) is 22.0. The maximum Gasteiger partial charge on any atom is 0.523 e. The molecule has 4 aromatic carbocycles. The smallest absolute Gasteiger partial charge is 0.497 e. The number of methoxy groups -OCH3 is 1. The van der Waals surface area contributed by atoms with Gasteiger partial charge in [0.15, 0.2) is 12.5 Å². The van der Waals surface area contributed by atoms with E-state index in [9.17, 15) is 0 Å². The van der Waals surface area contributed by atoms with E-state index >= 15 is 0 Å². The highest BCUT2D eigenvalue weighted by Gasteiger charge is 2.42. The first kappa shape index (κ1) is 41.4. The molecule has 0 amide bonds. The van der Waals surface area contributed by atoms with Crippen molar-refractivity contribution in [3.8, 4) is 23.0 Å². The summed E-state index contributed by atoms with van der Waals surface area (Å²) < 4.78 is 51.5. The molecule has 0 aliphatic carbocycles. The van der Waals surface area contributed by atoms with Crippen molar-refractivity contribution in [2.24, 2.45) is 0 Å². The van der Waals surface area contributed by atoms with Gasteiger partial charge in [-0.25, -0.2) is 0 Å². The summed E-state index contributed by atoms with van der Waals surface area (Å²) >= 11 is 11.5. The molecule has 276 valence electrons. The predicted octanol–water partition coefficient (Wildman–Crippen LogP) is 9.16. The lowest BCUT2D eigenvalue weighted by Crippen LogP contribution is -2.34. The second-order valence-corrected chi connectivity index (χ2v) is 18.8. The topological polar surface area (TPSA) is 86.3 Å². The normalized spacial score (nSPS) is 13.4. The van der Waals surface area contributed by atoms with Crippen molar-refractivity contribution in [1.29, 1.82) is 0 Å². The van der Waals surface area contributed by atoms with E-state index in [-0.39, 0.29) is 12.9 Å². The van der Waals surface area contributed by atoms with E-state index in [1.165, 1.54) is 26.9 Å². The van der Waals surface area contributed by atoms with Crippen molar-refractivity contribution in [3.63, 3.8) is 0 Å². The Morgan fingerprint density at radius 3 is 2.10 bits per heavy atom. The molecule has 0 aromatic heterocycles. The molecule has 10 nitrogen and oxygen atoms in total. The van der Waals surface area contributed by atoms with Crippen LogP contribution in [0.4, 0.5) is 0 Å². The Morgan fingerprint density at radius 2 is 1.47 bits per heavy atom. The van der Waals surface area contributed by atoms with Crippen molar-refractivity contribution < 1.29 is 41.4 Å². The Labute approximate surface area is 317 Å². The van der Waals surface area contributed by atoms with Crippen LogP contribution in [0.15, 0.2) is 107 Å². The first-order chi connectivity index (χ1) is 24.6. The minimum Gasteiger partial charge on any atom is -0.497 e. The molecule has 51 heavy (non-hydrogen) atoms. The van der Waals surface area contributed by atoms with Gasteiger partial charge < -0.3 is 32.7 Å². The van der Waals surface area contributed by atoms with Crippen molar-refractivity contribution in [3.05, 3.63) is 108 Å². The Kier molecular flexibility index (Phi) is 16.8. The fourth-order valence-corrected chi connectivity index (χ4v) is 7.69. The van der Waals surface area contributed by atoms with Gasteiger partial charge in [-0.2, -0.15) is 4.52 Å². The SMILES string of the molecule is COc1cccc(CCc2ccccc2OC[C@H](CN(C)C)OCO[P+](S)(OC)Oc2ccc(Sc3ccc(OP(=S)(OC)OC)cc3)cc2)c1. The lowest BCUT2D eigenvalue weighted by Gasteiger charge is -2.23. The van der Waals surface area contributed by atoms with Gasteiger partial charge in [0, 0.05) is 42.4 Å². The van der Waals surface area contributed by atoms with E-state index in [1.807, 2.05) is 97.9 Å². The molecular weight excluding hydrogens is 749 g/mol. The van der Waals surface area contributed by atoms with E-state index in [0.29, 0.717) is 24.7 Å². The van der Waals surface area contributed by atoms with Gasteiger partial charge in [-0.3, -0.25) is 4.52 Å². The number of para-hydroxylation sites is 1. The summed E-state index contributed by atoms with van der Waals surface area (Å²) in [5, 5.41) is 0. The maximum atomic E-state index is 6.30. The maximum absolute atomic E-state index is 6.30. The van der Waals surface area contributed by atoms with Crippen LogP contribution in [-0.2, 0) is 47.5 Å². The second-order valence-electron chi connectivity index (χ2n) is 11.3. The van der Waals surface area contributed by atoms with Crippen LogP contribution in [0.5, 0.6) is 23.0 Å². The van der Waals surface area contributed by atoms with Crippen LogP contribution >= 0.6 is 37.9 Å². The summed E-state index contributed by atoms with van der Waals surface area (Å²) in [6.07, 6.45) is 1.40. The largest absolute Gasteiger partial charge is 0.523 e. The fraction of sp³-hybridized carbons (Fsp3) is 0.333. The quantitative estimate of drug-likeness (QED) is 0.0468. The van der Waals surface area contributed by atoms with Crippen molar-refractivity contribution in [2.45, 2.75) is 28.7 Å². The highest BCUT2D eigenvalue weighted by Crippen LogP contribution is 2.65. The van der Waals surface area contributed by atoms with Gasteiger partial charge in [0.05, 0.1) is 14.2 Å². The van der Waals surface area contributed by atoms with Gasteiger partial charge in [-0.1, -0.05) is 42.1 Å². The summed E-state index contributed by atoms with van der Waals surface area (Å²) in [5.74, 6) is 2.81. The van der Waals surface area contributed by atoms with E-state index in [0.717, 1.165) is 39.7 Å². The summed E-state index contributed by atoms with van der Waals surface area (Å²) in [5.41, 5.74) is 2.32. The number of thiol groups is 1. The molecule has 0 radical (unpaired) electrons. The summed E-state index contributed by atoms with van der Waals surface area (Å²) in [4.78, 5) is 4.06. The third-order valence-corrected chi connectivity index (χ3v) is 13.2. The third-order valence-electron chi connectivity index (χ3n) is 7.30. The molecule has 0 bridgehead atoms. The molecule has 0 heterocycles. The lowest BCUT2D eigenvalue weighted by atomic mass is 10.0. The first-order valence-electron chi connectivity index (χ1n) is 16.0. The molecule has 0 saturated carbocycles. The highest BCUT2D eigenvalue weighted by atomic mass is 32.7. The summed E-state index contributed by atoms with van der Waals surface area (Å²) in [6, 6.07) is 31.3. The zero-order valence-corrected chi connectivity index (χ0v) is 33.9. The van der Waals surface area contributed by atoms with Crippen LogP contribution in [-0.4, -0.2) is 73.5 Å². The van der Waals surface area contributed by atoms with Crippen molar-refractivity contribution >= 4 is 49.7 Å². The molecular formula is C36H46NO9P2S3+. The predicted molar refractivity (Wildman–Crippen MR) is 211 cm³/mol. The molecule has 0 spiro atoms. The van der Waals surface area contributed by atoms with Crippen molar-refractivity contribution in [2.75, 3.05) is 62.5 Å². The molecule has 1 unspecified atom stereocenters. The molecule has 4 aromatic rings. The van der Waals surface area contributed by atoms with Crippen LogP contribution < -0.4 is 18.5 Å². The second kappa shape index (κ2) is 20.8. The van der Waals surface area contributed by atoms with E-state index in [1.54, 1.807) is 18.9 Å². The van der Waals surface area contributed by atoms with Gasteiger partial charge in [0.25, 0.3) is 0 Å². The molecule has 4 rings (SSSR count). The average molecular weight is 795 g/mol. The van der Waals surface area contributed by atoms with Gasteiger partial charge in [-0.05, 0) is 105 Å².